The quantitative estimate of drug-likeness (QED) is 0.309. The molecule has 8 heteroatoms. The fourth-order valence-electron chi connectivity index (χ4n) is 3.96. The number of nitrogens with one attached hydrogen (secondary N) is 2. The summed E-state index contributed by atoms with van der Waals surface area (Å²) in [6.07, 6.45) is 3.25. The number of anilines is 1. The number of hydrogen-bond donors (Lipinski definition) is 2. The number of aromatic nitrogens is 4. The number of aryl methyl sites for hydroxylation is 1. The van der Waals surface area contributed by atoms with Gasteiger partial charge in [-0.25, -0.2) is 14.4 Å². The van der Waals surface area contributed by atoms with Gasteiger partial charge in [-0.05, 0) is 61.9 Å². The summed E-state index contributed by atoms with van der Waals surface area (Å²) in [5.41, 5.74) is 4.95. The maximum Gasteiger partial charge on any atom is 0.232 e. The number of aromatic amines is 1. The number of hydrogen-bond acceptors (Lipinski definition) is 4. The van der Waals surface area contributed by atoms with Crippen LogP contribution in [0.1, 0.15) is 24.0 Å². The van der Waals surface area contributed by atoms with Crippen molar-refractivity contribution >= 4 is 22.8 Å². The molecular weight excluding hydrogens is 448 g/mol. The van der Waals surface area contributed by atoms with Crippen molar-refractivity contribution in [3.05, 3.63) is 95.9 Å². The Morgan fingerprint density at radius 2 is 1.80 bits per heavy atom. The van der Waals surface area contributed by atoms with E-state index in [2.05, 4.69) is 25.3 Å². The Balaban J connectivity index is 1.54. The number of pyridine rings is 3. The normalized spacial score (nSPS) is 12.0. The van der Waals surface area contributed by atoms with Crippen LogP contribution < -0.4 is 5.32 Å². The molecule has 0 aliphatic rings. The summed E-state index contributed by atoms with van der Waals surface area (Å²) in [6.45, 7) is 3.40. The van der Waals surface area contributed by atoms with Gasteiger partial charge in [0.25, 0.3) is 0 Å². The Kier molecular flexibility index (Phi) is 5.78. The second-order valence-electron chi connectivity index (χ2n) is 8.27. The van der Waals surface area contributed by atoms with Gasteiger partial charge in [0.05, 0.1) is 28.4 Å². The molecule has 1 aromatic carbocycles. The standard InChI is InChI=1S/C27H21F2N5O/c1-15-13-21-25(34-26(15)29)23(20-5-3-4-11-30-20)24(32-21)18-10-12-31-22(14-18)33-27(35)16(2)17-6-8-19(28)9-7-17/h3-14,16,32H,1-2H3,(H,31,33,35). The maximum absolute atomic E-state index is 14.4. The van der Waals surface area contributed by atoms with Crippen molar-refractivity contribution in [2.45, 2.75) is 19.8 Å². The van der Waals surface area contributed by atoms with Crippen LogP contribution in [0.5, 0.6) is 0 Å². The Hall–Kier alpha value is -4.46. The van der Waals surface area contributed by atoms with E-state index in [0.29, 0.717) is 44.9 Å². The van der Waals surface area contributed by atoms with Crippen LogP contribution >= 0.6 is 0 Å². The second-order valence-corrected chi connectivity index (χ2v) is 8.27. The lowest BCUT2D eigenvalue weighted by Crippen LogP contribution is -2.19. The molecule has 4 heterocycles. The molecule has 1 unspecified atom stereocenters. The number of halogens is 2. The van der Waals surface area contributed by atoms with E-state index in [-0.39, 0.29) is 11.7 Å². The smallest absolute Gasteiger partial charge is 0.232 e. The van der Waals surface area contributed by atoms with E-state index in [0.717, 1.165) is 5.56 Å². The first-order chi connectivity index (χ1) is 16.9. The van der Waals surface area contributed by atoms with Crippen molar-refractivity contribution in [3.63, 3.8) is 0 Å². The molecule has 0 radical (unpaired) electrons. The van der Waals surface area contributed by atoms with Crippen LogP contribution in [-0.4, -0.2) is 25.8 Å². The van der Waals surface area contributed by atoms with Gasteiger partial charge in [0.2, 0.25) is 11.9 Å². The third-order valence-electron chi connectivity index (χ3n) is 5.88. The first-order valence-electron chi connectivity index (χ1n) is 11.0. The lowest BCUT2D eigenvalue weighted by molar-refractivity contribution is -0.117. The molecule has 5 rings (SSSR count). The van der Waals surface area contributed by atoms with Gasteiger partial charge in [-0.3, -0.25) is 9.78 Å². The Bertz CT molecular complexity index is 1530. The Morgan fingerprint density at radius 1 is 1.00 bits per heavy atom. The largest absolute Gasteiger partial charge is 0.353 e. The van der Waals surface area contributed by atoms with Crippen LogP contribution in [0.2, 0.25) is 0 Å². The minimum atomic E-state index is -0.544. The monoisotopic (exact) mass is 469 g/mol. The summed E-state index contributed by atoms with van der Waals surface area (Å²) in [5, 5.41) is 2.83. The van der Waals surface area contributed by atoms with E-state index in [1.54, 1.807) is 62.6 Å². The van der Waals surface area contributed by atoms with Gasteiger partial charge in [0.1, 0.15) is 17.2 Å². The van der Waals surface area contributed by atoms with E-state index in [1.807, 2.05) is 12.1 Å². The topological polar surface area (TPSA) is 83.6 Å². The van der Waals surface area contributed by atoms with Crippen molar-refractivity contribution in [2.24, 2.45) is 0 Å². The number of rotatable bonds is 5. The first-order valence-corrected chi connectivity index (χ1v) is 11.0. The lowest BCUT2D eigenvalue weighted by Gasteiger charge is -2.13. The zero-order chi connectivity index (χ0) is 24.5. The van der Waals surface area contributed by atoms with E-state index in [9.17, 15) is 13.6 Å². The molecule has 174 valence electrons. The highest BCUT2D eigenvalue weighted by atomic mass is 19.1. The fraction of sp³-hybridized carbons (Fsp3) is 0.111. The lowest BCUT2D eigenvalue weighted by atomic mass is 10.0. The highest BCUT2D eigenvalue weighted by molar-refractivity contribution is 6.01. The SMILES string of the molecule is Cc1cc2[nH]c(-c3ccnc(NC(=O)C(C)c4ccc(F)cc4)c3)c(-c3ccccn3)c2nc1F. The summed E-state index contributed by atoms with van der Waals surface area (Å²) in [6, 6.07) is 16.5. The maximum atomic E-state index is 14.4. The van der Waals surface area contributed by atoms with E-state index >= 15 is 0 Å². The van der Waals surface area contributed by atoms with Crippen LogP contribution in [-0.2, 0) is 4.79 Å². The van der Waals surface area contributed by atoms with Gasteiger partial charge >= 0.3 is 0 Å². The van der Waals surface area contributed by atoms with Gasteiger partial charge < -0.3 is 10.3 Å². The van der Waals surface area contributed by atoms with Crippen LogP contribution in [0.15, 0.2) is 73.1 Å². The van der Waals surface area contributed by atoms with Gasteiger partial charge in [-0.1, -0.05) is 18.2 Å². The molecule has 0 fully saturated rings. The second kappa shape index (κ2) is 9.06. The Labute approximate surface area is 200 Å². The third-order valence-corrected chi connectivity index (χ3v) is 5.88. The van der Waals surface area contributed by atoms with Crippen molar-refractivity contribution < 1.29 is 13.6 Å². The number of nitrogens with zero attached hydrogens (tertiary/aromatic N) is 3. The number of fused-ring (bicyclic) bond motifs is 1. The third kappa shape index (κ3) is 4.38. The number of amides is 1. The molecule has 0 aliphatic heterocycles. The summed E-state index contributed by atoms with van der Waals surface area (Å²) in [4.78, 5) is 29.1. The number of carbonyl (C=O) groups is 1. The van der Waals surface area contributed by atoms with Crippen molar-refractivity contribution in [1.82, 2.24) is 19.9 Å². The molecule has 35 heavy (non-hydrogen) atoms. The minimum absolute atomic E-state index is 0.276. The zero-order valence-electron chi connectivity index (χ0n) is 19.0. The van der Waals surface area contributed by atoms with Crippen LogP contribution in [0.4, 0.5) is 14.6 Å². The highest BCUT2D eigenvalue weighted by Crippen LogP contribution is 2.37. The average Bonchev–Trinajstić information content (AvgIpc) is 3.23. The van der Waals surface area contributed by atoms with Crippen LogP contribution in [0, 0.1) is 18.7 Å². The van der Waals surface area contributed by atoms with E-state index in [1.165, 1.54) is 12.1 Å². The molecular formula is C27H21F2N5O. The predicted molar refractivity (Wildman–Crippen MR) is 131 cm³/mol. The molecule has 5 aromatic rings. The summed E-state index contributed by atoms with van der Waals surface area (Å²) >= 11 is 0. The highest BCUT2D eigenvalue weighted by Gasteiger charge is 2.20. The van der Waals surface area contributed by atoms with Gasteiger partial charge in [-0.2, -0.15) is 4.39 Å². The molecule has 0 spiro atoms. The molecule has 1 amide bonds. The number of H-pyrrole nitrogens is 1. The predicted octanol–water partition coefficient (Wildman–Crippen LogP) is 6.02. The van der Waals surface area contributed by atoms with Crippen molar-refractivity contribution in [1.29, 1.82) is 0 Å². The average molecular weight is 469 g/mol. The molecule has 1 atom stereocenters. The van der Waals surface area contributed by atoms with Crippen LogP contribution in [0.3, 0.4) is 0 Å². The van der Waals surface area contributed by atoms with E-state index in [4.69, 9.17) is 0 Å². The van der Waals surface area contributed by atoms with Gasteiger partial charge in [-0.15, -0.1) is 0 Å². The molecule has 2 N–H and O–H groups in total. The first kappa shape index (κ1) is 22.3. The fourth-order valence-corrected chi connectivity index (χ4v) is 3.96. The summed E-state index contributed by atoms with van der Waals surface area (Å²) in [7, 11) is 0. The van der Waals surface area contributed by atoms with E-state index < -0.39 is 11.9 Å². The molecule has 0 saturated carbocycles. The van der Waals surface area contributed by atoms with Crippen molar-refractivity contribution in [2.75, 3.05) is 5.32 Å². The van der Waals surface area contributed by atoms with Crippen molar-refractivity contribution in [3.8, 4) is 22.5 Å². The molecule has 0 aliphatic carbocycles. The van der Waals surface area contributed by atoms with Crippen LogP contribution in [0.25, 0.3) is 33.5 Å². The molecule has 0 bridgehead atoms. The number of benzene rings is 1. The van der Waals surface area contributed by atoms with Gasteiger partial charge in [0, 0.05) is 23.5 Å². The summed E-state index contributed by atoms with van der Waals surface area (Å²) in [5.74, 6) is -1.34. The van der Waals surface area contributed by atoms with Gasteiger partial charge in [0.15, 0.2) is 0 Å². The zero-order valence-corrected chi connectivity index (χ0v) is 19.0. The summed E-state index contributed by atoms with van der Waals surface area (Å²) < 4.78 is 27.6. The molecule has 0 saturated heterocycles. The Morgan fingerprint density at radius 3 is 2.54 bits per heavy atom. The minimum Gasteiger partial charge on any atom is -0.353 e. The number of carbonyl (C=O) groups excluding carboxylic acids is 1. The molecule has 6 nitrogen and oxygen atoms in total. The molecule has 4 aromatic heterocycles.